The second-order valence-corrected chi connectivity index (χ2v) is 10.3. The van der Waals surface area contributed by atoms with Gasteiger partial charge in [-0.1, -0.05) is 97.1 Å². The van der Waals surface area contributed by atoms with Crippen molar-refractivity contribution in [3.8, 4) is 22.6 Å². The summed E-state index contributed by atoms with van der Waals surface area (Å²) in [7, 11) is 0. The van der Waals surface area contributed by atoms with Crippen LogP contribution in [0.25, 0.3) is 55.5 Å². The zero-order valence-electron chi connectivity index (χ0n) is 22.7. The number of anilines is 3. The van der Waals surface area contributed by atoms with Gasteiger partial charge in [-0.2, -0.15) is 0 Å². The Balaban J connectivity index is 1.35. The van der Waals surface area contributed by atoms with Gasteiger partial charge in [0.15, 0.2) is 5.82 Å². The summed E-state index contributed by atoms with van der Waals surface area (Å²) in [4.78, 5) is 12.6. The smallest absolute Gasteiger partial charge is 0.160 e. The van der Waals surface area contributed by atoms with E-state index in [0.717, 1.165) is 66.7 Å². The molecule has 0 saturated heterocycles. The van der Waals surface area contributed by atoms with Crippen molar-refractivity contribution in [2.45, 2.75) is 0 Å². The van der Waals surface area contributed by atoms with Crippen molar-refractivity contribution in [2.75, 3.05) is 4.90 Å². The molecule has 0 radical (unpaired) electrons. The van der Waals surface area contributed by atoms with E-state index in [1.54, 1.807) is 0 Å². The molecule has 0 N–H and O–H groups in total. The van der Waals surface area contributed by atoms with Crippen LogP contribution in [0.3, 0.4) is 0 Å². The highest BCUT2D eigenvalue weighted by atomic mass is 16.3. The summed E-state index contributed by atoms with van der Waals surface area (Å²) in [5.41, 5.74) is 8.64. The van der Waals surface area contributed by atoms with Crippen molar-refractivity contribution in [3.05, 3.63) is 152 Å². The lowest BCUT2D eigenvalue weighted by atomic mass is 10.0. The quantitative estimate of drug-likeness (QED) is 0.218. The average molecular weight is 540 g/mol. The lowest BCUT2D eigenvalue weighted by molar-refractivity contribution is 0.669. The average Bonchev–Trinajstić information content (AvgIpc) is 3.42. The van der Waals surface area contributed by atoms with Crippen LogP contribution in [-0.4, -0.2) is 9.97 Å². The Morgan fingerprint density at radius 2 is 1.05 bits per heavy atom. The molecule has 2 aromatic heterocycles. The third-order valence-corrected chi connectivity index (χ3v) is 7.63. The molecule has 0 bridgehead atoms. The number of fused-ring (bicyclic) bond motifs is 4. The molecule has 0 atom stereocenters. The summed E-state index contributed by atoms with van der Waals surface area (Å²) in [5, 5.41) is 3.09. The van der Waals surface area contributed by atoms with Crippen LogP contribution in [0.4, 0.5) is 17.1 Å². The maximum absolute atomic E-state index is 6.23. The first-order valence-electron chi connectivity index (χ1n) is 14.0. The summed E-state index contributed by atoms with van der Waals surface area (Å²) >= 11 is 0. The van der Waals surface area contributed by atoms with Gasteiger partial charge in [0.05, 0.1) is 11.2 Å². The van der Waals surface area contributed by atoms with Gasteiger partial charge in [-0.05, 0) is 54.6 Å². The lowest BCUT2D eigenvalue weighted by Gasteiger charge is -2.25. The zero-order chi connectivity index (χ0) is 27.9. The number of rotatable bonds is 5. The Labute approximate surface area is 243 Å². The Morgan fingerprint density at radius 3 is 1.79 bits per heavy atom. The molecule has 198 valence electrons. The van der Waals surface area contributed by atoms with Crippen LogP contribution < -0.4 is 4.90 Å². The predicted molar refractivity (Wildman–Crippen MR) is 172 cm³/mol. The van der Waals surface area contributed by atoms with Crippen LogP contribution in [0.2, 0.25) is 0 Å². The first-order chi connectivity index (χ1) is 20.8. The van der Waals surface area contributed by atoms with Gasteiger partial charge < -0.3 is 9.32 Å². The Morgan fingerprint density at radius 1 is 0.429 bits per heavy atom. The molecule has 6 aromatic carbocycles. The van der Waals surface area contributed by atoms with Crippen molar-refractivity contribution < 1.29 is 4.42 Å². The topological polar surface area (TPSA) is 42.2 Å². The number of nitrogens with zero attached hydrogens (tertiary/aromatic N) is 3. The fourth-order valence-electron chi connectivity index (χ4n) is 5.68. The van der Waals surface area contributed by atoms with Gasteiger partial charge in [0, 0.05) is 44.3 Å². The van der Waals surface area contributed by atoms with Crippen molar-refractivity contribution in [3.63, 3.8) is 0 Å². The molecule has 2 heterocycles. The van der Waals surface area contributed by atoms with Crippen LogP contribution in [0.15, 0.2) is 156 Å². The summed E-state index contributed by atoms with van der Waals surface area (Å²) in [5.74, 6) is 0.677. The Bertz CT molecular complexity index is 2150. The molecule has 0 aliphatic rings. The van der Waals surface area contributed by atoms with E-state index in [9.17, 15) is 0 Å². The van der Waals surface area contributed by atoms with E-state index in [0.29, 0.717) is 5.82 Å². The van der Waals surface area contributed by atoms with Crippen molar-refractivity contribution >= 4 is 49.9 Å². The van der Waals surface area contributed by atoms with Crippen molar-refractivity contribution in [2.24, 2.45) is 0 Å². The lowest BCUT2D eigenvalue weighted by Crippen LogP contribution is -2.09. The minimum atomic E-state index is 0.677. The van der Waals surface area contributed by atoms with E-state index >= 15 is 0 Å². The maximum Gasteiger partial charge on any atom is 0.160 e. The highest BCUT2D eigenvalue weighted by Crippen LogP contribution is 2.38. The largest absolute Gasteiger partial charge is 0.456 e. The molecule has 42 heavy (non-hydrogen) atoms. The van der Waals surface area contributed by atoms with Gasteiger partial charge in [0.1, 0.15) is 11.2 Å². The van der Waals surface area contributed by atoms with Gasteiger partial charge >= 0.3 is 0 Å². The van der Waals surface area contributed by atoms with Crippen molar-refractivity contribution in [1.82, 2.24) is 9.97 Å². The summed E-state index contributed by atoms with van der Waals surface area (Å²) in [6.07, 6.45) is 0. The second-order valence-electron chi connectivity index (χ2n) is 10.3. The first-order valence-corrected chi connectivity index (χ1v) is 14.0. The standard InChI is InChI=1S/C38H25N3O/c1-4-13-26(14-5-1)37-33-25-36-32(31-21-10-11-22-35(31)42-36)24-34(33)39-38(40-37)27-15-12-20-30(23-27)41(28-16-6-2-7-17-28)29-18-8-3-9-19-29/h1-25H. The summed E-state index contributed by atoms with van der Waals surface area (Å²) < 4.78 is 6.23. The highest BCUT2D eigenvalue weighted by molar-refractivity contribution is 6.11. The number of furan rings is 1. The number of para-hydroxylation sites is 3. The summed E-state index contributed by atoms with van der Waals surface area (Å²) in [6, 6.07) is 51.9. The predicted octanol–water partition coefficient (Wildman–Crippen LogP) is 10.3. The normalized spacial score (nSPS) is 11.3. The number of hydrogen-bond acceptors (Lipinski definition) is 4. The fourth-order valence-corrected chi connectivity index (χ4v) is 5.68. The van der Waals surface area contributed by atoms with Crippen LogP contribution in [-0.2, 0) is 0 Å². The summed E-state index contributed by atoms with van der Waals surface area (Å²) in [6.45, 7) is 0. The van der Waals surface area contributed by atoms with Crippen LogP contribution in [0.5, 0.6) is 0 Å². The van der Waals surface area contributed by atoms with Gasteiger partial charge in [-0.25, -0.2) is 9.97 Å². The SMILES string of the molecule is c1ccc(-c2nc(-c3cccc(N(c4ccccc4)c4ccccc4)c3)nc3cc4c(cc23)oc2ccccc24)cc1. The van der Waals surface area contributed by atoms with Crippen molar-refractivity contribution in [1.29, 1.82) is 0 Å². The van der Waals surface area contributed by atoms with Gasteiger partial charge in [-0.3, -0.25) is 0 Å². The number of aromatic nitrogens is 2. The molecule has 4 nitrogen and oxygen atoms in total. The maximum atomic E-state index is 6.23. The van der Waals surface area contributed by atoms with E-state index in [-0.39, 0.29) is 0 Å². The third-order valence-electron chi connectivity index (χ3n) is 7.63. The molecule has 8 rings (SSSR count). The molecule has 0 saturated carbocycles. The minimum absolute atomic E-state index is 0.677. The zero-order valence-corrected chi connectivity index (χ0v) is 22.7. The van der Waals surface area contributed by atoms with Crippen LogP contribution >= 0.6 is 0 Å². The molecule has 8 aromatic rings. The molecule has 0 fully saturated rings. The molecule has 4 heteroatoms. The fraction of sp³-hybridized carbons (Fsp3) is 0. The number of hydrogen-bond donors (Lipinski definition) is 0. The highest BCUT2D eigenvalue weighted by Gasteiger charge is 2.17. The van der Waals surface area contributed by atoms with Crippen LogP contribution in [0.1, 0.15) is 0 Å². The Hall–Kier alpha value is -5.74. The molecule has 0 aliphatic heterocycles. The number of benzene rings is 6. The van der Waals surface area contributed by atoms with E-state index < -0.39 is 0 Å². The van der Waals surface area contributed by atoms with E-state index in [1.165, 1.54) is 0 Å². The van der Waals surface area contributed by atoms with E-state index in [2.05, 4.69) is 108 Å². The Kier molecular flexibility index (Phi) is 5.75. The molecule has 0 amide bonds. The third kappa shape index (κ3) is 4.18. The van der Waals surface area contributed by atoms with Crippen LogP contribution in [0, 0.1) is 0 Å². The van der Waals surface area contributed by atoms with Gasteiger partial charge in [0.2, 0.25) is 0 Å². The van der Waals surface area contributed by atoms with E-state index in [1.807, 2.05) is 48.5 Å². The minimum Gasteiger partial charge on any atom is -0.456 e. The van der Waals surface area contributed by atoms with Gasteiger partial charge in [0.25, 0.3) is 0 Å². The monoisotopic (exact) mass is 539 g/mol. The first kappa shape index (κ1) is 24.1. The molecule has 0 unspecified atom stereocenters. The van der Waals surface area contributed by atoms with E-state index in [4.69, 9.17) is 14.4 Å². The molecular weight excluding hydrogens is 514 g/mol. The molecule has 0 aliphatic carbocycles. The molecule has 0 spiro atoms. The second kappa shape index (κ2) is 10.0. The molecular formula is C38H25N3O. The van der Waals surface area contributed by atoms with Gasteiger partial charge in [-0.15, -0.1) is 0 Å².